The third kappa shape index (κ3) is 3.34. The second-order valence-corrected chi connectivity index (χ2v) is 12.5. The van der Waals surface area contributed by atoms with Gasteiger partial charge in [-0.3, -0.25) is 19.2 Å². The van der Waals surface area contributed by atoms with Crippen LogP contribution in [0, 0.1) is 25.7 Å². The lowest BCUT2D eigenvalue weighted by Gasteiger charge is -2.43. The highest BCUT2D eigenvalue weighted by Gasteiger charge is 2.81. The zero-order chi connectivity index (χ0) is 25.7. The number of aryl methyl sites for hydroxylation is 1. The summed E-state index contributed by atoms with van der Waals surface area (Å²) in [6.45, 7) is 11.5. The number of piperidine rings is 1. The van der Waals surface area contributed by atoms with E-state index in [-0.39, 0.29) is 18.4 Å². The van der Waals surface area contributed by atoms with Crippen molar-refractivity contribution in [2.45, 2.75) is 57.5 Å². The number of carbonyl (C=O) groups is 2. The van der Waals surface area contributed by atoms with Crippen molar-refractivity contribution in [3.63, 3.8) is 0 Å². The van der Waals surface area contributed by atoms with E-state index in [1.54, 1.807) is 0 Å². The second-order valence-electron chi connectivity index (χ2n) is 12.5. The number of anilines is 1. The highest BCUT2D eigenvalue weighted by Crippen LogP contribution is 2.88. The first-order chi connectivity index (χ1) is 18.5. The smallest absolute Gasteiger partial charge is 0.274 e. The molecule has 5 atom stereocenters. The fourth-order valence-electron chi connectivity index (χ4n) is 8.21. The molecule has 2 saturated carbocycles. The van der Waals surface area contributed by atoms with Gasteiger partial charge < -0.3 is 14.7 Å². The molecule has 7 aliphatic rings. The number of rotatable bonds is 4. The summed E-state index contributed by atoms with van der Waals surface area (Å²) in [7, 11) is 0. The Kier molecular flexibility index (Phi) is 5.04. The summed E-state index contributed by atoms with van der Waals surface area (Å²) in [5.74, 6) is 2.78. The Balaban J connectivity index is 0.970. The molecule has 3 aliphatic heterocycles. The molecule has 4 heterocycles. The summed E-state index contributed by atoms with van der Waals surface area (Å²) in [4.78, 5) is 36.2. The Hall–Kier alpha value is -2.87. The zero-order valence-corrected chi connectivity index (χ0v) is 22.6. The number of nitrogens with zero attached hydrogens (tertiary/aromatic N) is 6. The largest absolute Gasteiger partial charge is 0.368 e. The SMILES string of the molecule is Cc1cccc(N2CCN(C(=O)Cn3nc(C(=O)N4CCN5CCCC[C@@H]5C4)c4c3C3C5[C@H]3[C@H]45)CC2)c1C. The first-order valence-corrected chi connectivity index (χ1v) is 14.7. The number of amides is 2. The van der Waals surface area contributed by atoms with E-state index in [0.29, 0.717) is 23.6 Å². The molecule has 9 rings (SSSR count). The van der Waals surface area contributed by atoms with Crippen molar-refractivity contribution in [2.75, 3.05) is 57.3 Å². The van der Waals surface area contributed by atoms with Crippen LogP contribution in [-0.2, 0) is 11.3 Å². The van der Waals surface area contributed by atoms with Crippen LogP contribution in [0.3, 0.4) is 0 Å². The number of hydrogen-bond donors (Lipinski definition) is 0. The Morgan fingerprint density at radius 3 is 2.53 bits per heavy atom. The van der Waals surface area contributed by atoms with Gasteiger partial charge in [-0.2, -0.15) is 5.10 Å². The minimum atomic E-state index is 0.103. The van der Waals surface area contributed by atoms with Gasteiger partial charge in [-0.15, -0.1) is 0 Å². The highest BCUT2D eigenvalue weighted by atomic mass is 16.2. The molecule has 38 heavy (non-hydrogen) atoms. The van der Waals surface area contributed by atoms with Crippen LogP contribution >= 0.6 is 0 Å². The van der Waals surface area contributed by atoms with E-state index in [9.17, 15) is 9.59 Å². The molecule has 8 nitrogen and oxygen atoms in total. The van der Waals surface area contributed by atoms with Crippen LogP contribution < -0.4 is 4.90 Å². The van der Waals surface area contributed by atoms with Crippen LogP contribution in [-0.4, -0.2) is 94.7 Å². The number of fused-ring (bicyclic) bond motifs is 1. The normalized spacial score (nSPS) is 31.1. The van der Waals surface area contributed by atoms with Gasteiger partial charge in [0.1, 0.15) is 6.54 Å². The topological polar surface area (TPSA) is 64.9 Å². The van der Waals surface area contributed by atoms with Gasteiger partial charge in [0.2, 0.25) is 5.91 Å². The number of hydrogen-bond acceptors (Lipinski definition) is 5. The third-order valence-corrected chi connectivity index (χ3v) is 10.7. The molecule has 8 heteroatoms. The maximum Gasteiger partial charge on any atom is 0.274 e. The van der Waals surface area contributed by atoms with Crippen LogP contribution in [0.25, 0.3) is 0 Å². The van der Waals surface area contributed by atoms with Crippen LogP contribution in [0.2, 0.25) is 0 Å². The lowest BCUT2D eigenvalue weighted by atomic mass is 9.99. The quantitative estimate of drug-likeness (QED) is 0.628. The van der Waals surface area contributed by atoms with Crippen molar-refractivity contribution in [1.29, 1.82) is 0 Å². The fraction of sp³-hybridized carbons (Fsp3) is 0.633. The van der Waals surface area contributed by atoms with Gasteiger partial charge in [-0.1, -0.05) is 18.6 Å². The number of carbonyl (C=O) groups excluding carboxylic acids is 2. The Morgan fingerprint density at radius 2 is 1.71 bits per heavy atom. The molecule has 200 valence electrons. The van der Waals surface area contributed by atoms with Gasteiger partial charge in [-0.25, -0.2) is 0 Å². The molecule has 1 aromatic heterocycles. The van der Waals surface area contributed by atoms with Crippen LogP contribution in [0.1, 0.15) is 64.0 Å². The summed E-state index contributed by atoms with van der Waals surface area (Å²) < 4.78 is 1.93. The van der Waals surface area contributed by atoms with E-state index >= 15 is 0 Å². The van der Waals surface area contributed by atoms with E-state index < -0.39 is 0 Å². The summed E-state index contributed by atoms with van der Waals surface area (Å²) in [5.41, 5.74) is 6.99. The number of piperazine rings is 2. The lowest BCUT2D eigenvalue weighted by Crippen LogP contribution is -2.56. The van der Waals surface area contributed by atoms with Crippen molar-refractivity contribution >= 4 is 17.5 Å². The van der Waals surface area contributed by atoms with Crippen molar-refractivity contribution in [2.24, 2.45) is 11.8 Å². The summed E-state index contributed by atoms with van der Waals surface area (Å²) in [5, 5.41) is 4.88. The predicted molar refractivity (Wildman–Crippen MR) is 145 cm³/mol. The van der Waals surface area contributed by atoms with Gasteiger partial charge in [0, 0.05) is 74.7 Å². The Labute approximate surface area is 224 Å². The Bertz CT molecular complexity index is 1320. The number of benzene rings is 1. The first kappa shape index (κ1) is 23.1. The molecule has 2 amide bonds. The van der Waals surface area contributed by atoms with Gasteiger partial charge >= 0.3 is 0 Å². The average molecular weight is 515 g/mol. The minimum absolute atomic E-state index is 0.103. The maximum atomic E-state index is 13.8. The van der Waals surface area contributed by atoms with Gasteiger partial charge in [0.15, 0.2) is 5.69 Å². The molecule has 2 aromatic rings. The lowest BCUT2D eigenvalue weighted by molar-refractivity contribution is -0.132. The molecule has 1 aromatic carbocycles. The molecule has 5 fully saturated rings. The molecule has 4 aliphatic carbocycles. The standard InChI is InChI=1S/C30H38N6O2/c1-18-6-5-8-21(19(18)2)33-11-13-34(14-12-33)22(37)17-36-29-26-23-24(26)25(23)27(29)28(31-36)30(38)35-15-10-32-9-4-3-7-20(32)16-35/h5-6,8,20,23-26H,3-4,7,9-17H2,1-2H3/t20-,23+,24?,25+,26?/m1/s1. The number of aromatic nitrogens is 2. The second kappa shape index (κ2) is 8.31. The van der Waals surface area contributed by atoms with Crippen LogP contribution in [0.15, 0.2) is 18.2 Å². The average Bonchev–Trinajstić information content (AvgIpc) is 3.72. The molecule has 0 spiro atoms. The molecule has 0 radical (unpaired) electrons. The van der Waals surface area contributed by atoms with Crippen molar-refractivity contribution < 1.29 is 9.59 Å². The minimum Gasteiger partial charge on any atom is -0.368 e. The van der Waals surface area contributed by atoms with Gasteiger partial charge in [-0.05, 0) is 68.2 Å². The monoisotopic (exact) mass is 514 g/mol. The summed E-state index contributed by atoms with van der Waals surface area (Å²) >= 11 is 0. The van der Waals surface area contributed by atoms with E-state index in [4.69, 9.17) is 5.10 Å². The molecular formula is C30H38N6O2. The van der Waals surface area contributed by atoms with Crippen LogP contribution in [0.4, 0.5) is 5.69 Å². The first-order valence-electron chi connectivity index (χ1n) is 14.7. The van der Waals surface area contributed by atoms with Gasteiger partial charge in [0.25, 0.3) is 5.91 Å². The molecule has 2 unspecified atom stereocenters. The van der Waals surface area contributed by atoms with Gasteiger partial charge in [0.05, 0.1) is 0 Å². The van der Waals surface area contributed by atoms with Crippen molar-refractivity contribution in [3.05, 3.63) is 46.3 Å². The van der Waals surface area contributed by atoms with E-state index in [1.807, 2.05) is 9.58 Å². The summed E-state index contributed by atoms with van der Waals surface area (Å²) in [6.07, 6.45) is 3.74. The van der Waals surface area contributed by atoms with Crippen molar-refractivity contribution in [1.82, 2.24) is 24.5 Å². The Morgan fingerprint density at radius 1 is 0.921 bits per heavy atom. The maximum absolute atomic E-state index is 13.8. The molecular weight excluding hydrogens is 476 g/mol. The zero-order valence-electron chi connectivity index (χ0n) is 22.6. The highest BCUT2D eigenvalue weighted by molar-refractivity contribution is 5.96. The van der Waals surface area contributed by atoms with E-state index in [2.05, 4.69) is 46.7 Å². The third-order valence-electron chi connectivity index (χ3n) is 10.7. The summed E-state index contributed by atoms with van der Waals surface area (Å²) in [6, 6.07) is 6.96. The molecule has 3 saturated heterocycles. The molecule has 0 N–H and O–H groups in total. The molecule has 2 bridgehead atoms. The van der Waals surface area contributed by atoms with Crippen LogP contribution in [0.5, 0.6) is 0 Å². The fourth-order valence-corrected chi connectivity index (χ4v) is 8.21. The van der Waals surface area contributed by atoms with Crippen molar-refractivity contribution in [3.8, 4) is 0 Å². The van der Waals surface area contributed by atoms with E-state index in [0.717, 1.165) is 57.6 Å². The predicted octanol–water partition coefficient (Wildman–Crippen LogP) is 2.60. The van der Waals surface area contributed by atoms with E-state index in [1.165, 1.54) is 53.9 Å².